The Morgan fingerprint density at radius 1 is 0.971 bits per heavy atom. The first-order valence-electron chi connectivity index (χ1n) is 11.4. The van der Waals surface area contributed by atoms with Gasteiger partial charge in [0.2, 0.25) is 16.8 Å². The third kappa shape index (κ3) is 4.44. The fourth-order valence-corrected chi connectivity index (χ4v) is 4.37. The summed E-state index contributed by atoms with van der Waals surface area (Å²) in [5.74, 6) is -0.343. The summed E-state index contributed by atoms with van der Waals surface area (Å²) >= 11 is 0. The zero-order valence-electron chi connectivity index (χ0n) is 19.8. The first-order chi connectivity index (χ1) is 16.9. The first kappa shape index (κ1) is 22.5. The normalized spacial score (nSPS) is 11.8. The molecular formula is C29H26N3O3+. The number of amides is 1. The Hall–Kier alpha value is -4.29. The third-order valence-corrected chi connectivity index (χ3v) is 6.00. The maximum atomic E-state index is 13.6. The standard InChI is InChI=1S/C29H25N3O3/c1-17-11-18(2)13-22(12-17)31-29-25(14-24-21(16-33)15-30-19(3)27(24)35-29)28(34)32-26-10-6-8-20-7-4-5-9-23(20)26/h4-15,33H,16H2,1-3H3,(H,32,34)/p+1. The zero-order valence-corrected chi connectivity index (χ0v) is 19.8. The van der Waals surface area contributed by atoms with Gasteiger partial charge in [-0.1, -0.05) is 42.5 Å². The quantitative estimate of drug-likeness (QED) is 0.378. The zero-order chi connectivity index (χ0) is 24.5. The van der Waals surface area contributed by atoms with E-state index >= 15 is 0 Å². The molecule has 0 fully saturated rings. The van der Waals surface area contributed by atoms with E-state index < -0.39 is 0 Å². The van der Waals surface area contributed by atoms with Gasteiger partial charge in [0, 0.05) is 23.4 Å². The number of carbonyl (C=O) groups excluding carboxylic acids is 1. The molecule has 5 aromatic rings. The minimum Gasteiger partial charge on any atom is -0.431 e. The predicted octanol–water partition coefficient (Wildman–Crippen LogP) is 5.30. The Balaban J connectivity index is 1.72. The van der Waals surface area contributed by atoms with Gasteiger partial charge in [-0.15, -0.1) is 0 Å². The van der Waals surface area contributed by atoms with E-state index in [-0.39, 0.29) is 23.6 Å². The summed E-state index contributed by atoms with van der Waals surface area (Å²) in [5, 5.41) is 15.6. The molecule has 1 amide bonds. The van der Waals surface area contributed by atoms with E-state index in [2.05, 4.69) is 16.4 Å². The van der Waals surface area contributed by atoms with Crippen molar-refractivity contribution in [3.05, 3.63) is 106 Å². The Morgan fingerprint density at radius 3 is 2.49 bits per heavy atom. The number of fused-ring (bicyclic) bond motifs is 2. The number of benzene rings is 3. The van der Waals surface area contributed by atoms with Crippen LogP contribution in [0.2, 0.25) is 0 Å². The second-order valence-corrected chi connectivity index (χ2v) is 8.74. The number of pyridine rings is 1. The highest BCUT2D eigenvalue weighted by atomic mass is 16.3. The fraction of sp³-hybridized carbons (Fsp3) is 0.138. The van der Waals surface area contributed by atoms with E-state index in [0.29, 0.717) is 27.9 Å². The molecule has 3 aromatic carbocycles. The van der Waals surface area contributed by atoms with Crippen LogP contribution in [0, 0.1) is 20.8 Å². The summed E-state index contributed by atoms with van der Waals surface area (Å²) in [6.45, 7) is 5.69. The van der Waals surface area contributed by atoms with Gasteiger partial charge >= 0.3 is 0 Å². The molecule has 0 aliphatic carbocycles. The largest absolute Gasteiger partial charge is 0.431 e. The van der Waals surface area contributed by atoms with Crippen LogP contribution in [-0.2, 0) is 6.61 Å². The number of aryl methyl sites for hydroxylation is 3. The number of hydrogen-bond acceptors (Lipinski definition) is 4. The van der Waals surface area contributed by atoms with Crippen molar-refractivity contribution < 1.29 is 19.3 Å². The number of aliphatic hydroxyl groups excluding tert-OH is 1. The molecular weight excluding hydrogens is 438 g/mol. The van der Waals surface area contributed by atoms with Crippen LogP contribution in [0.15, 0.2) is 82.3 Å². The van der Waals surface area contributed by atoms with Gasteiger partial charge in [-0.05, 0) is 54.6 Å². The highest BCUT2D eigenvalue weighted by molar-refractivity contribution is 6.10. The van der Waals surface area contributed by atoms with E-state index in [4.69, 9.17) is 9.41 Å². The number of hydrogen-bond donors (Lipinski definition) is 2. The summed E-state index contributed by atoms with van der Waals surface area (Å²) in [5.41, 5.74) is 5.96. The molecule has 35 heavy (non-hydrogen) atoms. The van der Waals surface area contributed by atoms with Gasteiger partial charge in [0.1, 0.15) is 5.56 Å². The number of aromatic amines is 1. The van der Waals surface area contributed by atoms with Crippen molar-refractivity contribution in [1.29, 1.82) is 0 Å². The van der Waals surface area contributed by atoms with Crippen molar-refractivity contribution in [3.63, 3.8) is 0 Å². The maximum Gasteiger partial charge on any atom is 0.261 e. The summed E-state index contributed by atoms with van der Waals surface area (Å²) < 4.78 is 6.23. The summed E-state index contributed by atoms with van der Waals surface area (Å²) in [6.07, 6.45) is 1.72. The van der Waals surface area contributed by atoms with Gasteiger partial charge in [-0.2, -0.15) is 0 Å². The molecule has 0 saturated carbocycles. The Labute approximate surface area is 202 Å². The number of H-pyrrole nitrogens is 1. The molecule has 2 aromatic heterocycles. The van der Waals surface area contributed by atoms with E-state index in [9.17, 15) is 9.90 Å². The summed E-state index contributed by atoms with van der Waals surface area (Å²) in [4.78, 5) is 21.5. The molecule has 0 atom stereocenters. The molecule has 3 N–H and O–H groups in total. The van der Waals surface area contributed by atoms with Gasteiger partial charge in [-0.3, -0.25) is 4.79 Å². The Bertz CT molecular complexity index is 1640. The van der Waals surface area contributed by atoms with Crippen LogP contribution in [0.1, 0.15) is 32.7 Å². The molecule has 6 nitrogen and oxygen atoms in total. The van der Waals surface area contributed by atoms with Crippen LogP contribution >= 0.6 is 0 Å². The van der Waals surface area contributed by atoms with Gasteiger partial charge in [0.25, 0.3) is 5.91 Å². The van der Waals surface area contributed by atoms with Crippen LogP contribution < -0.4 is 15.9 Å². The second kappa shape index (κ2) is 9.16. The number of carbonyl (C=O) groups is 1. The molecule has 0 saturated heterocycles. The number of anilines is 1. The maximum absolute atomic E-state index is 13.6. The van der Waals surface area contributed by atoms with Gasteiger partial charge in [-0.25, -0.2) is 9.98 Å². The van der Waals surface area contributed by atoms with Gasteiger partial charge < -0.3 is 14.8 Å². The predicted molar refractivity (Wildman–Crippen MR) is 136 cm³/mol. The fourth-order valence-electron chi connectivity index (χ4n) is 4.37. The van der Waals surface area contributed by atoms with Crippen molar-refractivity contribution in [1.82, 2.24) is 0 Å². The van der Waals surface area contributed by atoms with Crippen molar-refractivity contribution >= 4 is 39.0 Å². The average Bonchev–Trinajstić information content (AvgIpc) is 2.84. The lowest BCUT2D eigenvalue weighted by atomic mass is 10.1. The van der Waals surface area contributed by atoms with E-state index in [1.54, 1.807) is 12.3 Å². The van der Waals surface area contributed by atoms with E-state index in [1.807, 2.05) is 75.4 Å². The van der Waals surface area contributed by atoms with E-state index in [1.165, 1.54) is 0 Å². The second-order valence-electron chi connectivity index (χ2n) is 8.74. The van der Waals surface area contributed by atoms with Crippen molar-refractivity contribution in [2.45, 2.75) is 27.4 Å². The minimum atomic E-state index is -0.343. The van der Waals surface area contributed by atoms with Crippen LogP contribution in [0.25, 0.3) is 21.7 Å². The molecule has 0 spiro atoms. The number of aliphatic hydroxyl groups is 1. The van der Waals surface area contributed by atoms with E-state index in [0.717, 1.165) is 27.6 Å². The molecule has 0 aliphatic heterocycles. The minimum absolute atomic E-state index is 0.194. The monoisotopic (exact) mass is 464 g/mol. The van der Waals surface area contributed by atoms with Crippen LogP contribution in [-0.4, -0.2) is 11.0 Å². The van der Waals surface area contributed by atoms with Crippen LogP contribution in [0.4, 0.5) is 11.4 Å². The van der Waals surface area contributed by atoms with Gasteiger partial charge in [0.15, 0.2) is 6.20 Å². The molecule has 0 aliphatic rings. The summed E-state index contributed by atoms with van der Waals surface area (Å²) in [6, 6.07) is 21.4. The smallest absolute Gasteiger partial charge is 0.261 e. The lowest BCUT2D eigenvalue weighted by molar-refractivity contribution is -0.386. The highest BCUT2D eigenvalue weighted by Crippen LogP contribution is 2.25. The molecule has 0 radical (unpaired) electrons. The Kier molecular flexibility index (Phi) is 5.89. The van der Waals surface area contributed by atoms with Crippen molar-refractivity contribution in [3.8, 4) is 0 Å². The highest BCUT2D eigenvalue weighted by Gasteiger charge is 2.19. The number of rotatable bonds is 4. The molecule has 0 unspecified atom stereocenters. The first-order valence-corrected chi connectivity index (χ1v) is 11.4. The van der Waals surface area contributed by atoms with Crippen molar-refractivity contribution in [2.75, 3.05) is 5.32 Å². The van der Waals surface area contributed by atoms with Crippen molar-refractivity contribution in [2.24, 2.45) is 4.99 Å². The molecule has 5 rings (SSSR count). The molecule has 174 valence electrons. The molecule has 2 heterocycles. The van der Waals surface area contributed by atoms with Crippen LogP contribution in [0.3, 0.4) is 0 Å². The molecule has 6 heteroatoms. The third-order valence-electron chi connectivity index (χ3n) is 6.00. The number of nitrogens with zero attached hydrogens (tertiary/aromatic N) is 1. The SMILES string of the molecule is Cc1cc(C)cc(N=c2oc3c(C)[nH+]cc(CO)c3cc2C(=O)Nc2cccc3ccccc23)c1. The number of nitrogens with one attached hydrogen (secondary N) is 2. The topological polar surface area (TPSA) is 89.0 Å². The Morgan fingerprint density at radius 2 is 1.71 bits per heavy atom. The average molecular weight is 465 g/mol. The summed E-state index contributed by atoms with van der Waals surface area (Å²) in [7, 11) is 0. The van der Waals surface area contributed by atoms with Crippen LogP contribution in [0.5, 0.6) is 0 Å². The molecule has 0 bridgehead atoms. The lowest BCUT2D eigenvalue weighted by Crippen LogP contribution is -2.23. The lowest BCUT2D eigenvalue weighted by Gasteiger charge is -2.10. The number of aromatic nitrogens is 1. The van der Waals surface area contributed by atoms with Gasteiger partial charge in [0.05, 0.1) is 17.9 Å².